The average Bonchev–Trinajstić information content (AvgIpc) is 2.95. The summed E-state index contributed by atoms with van der Waals surface area (Å²) in [7, 11) is 0. The normalized spacial score (nSPS) is 18.1. The fourth-order valence-corrected chi connectivity index (χ4v) is 3.09. The Balaban J connectivity index is 1.52. The number of nitrogens with zero attached hydrogens (tertiary/aromatic N) is 1. The average molecular weight is 409 g/mol. The summed E-state index contributed by atoms with van der Waals surface area (Å²) in [6.07, 6.45) is 0. The topological polar surface area (TPSA) is 105 Å². The van der Waals surface area contributed by atoms with E-state index in [9.17, 15) is 19.2 Å². The minimum Gasteiger partial charge on any atom is -0.454 e. The molecule has 0 spiro atoms. The van der Waals surface area contributed by atoms with Crippen molar-refractivity contribution in [2.75, 3.05) is 13.2 Å². The summed E-state index contributed by atoms with van der Waals surface area (Å²) in [5, 5.41) is 5.25. The number of aryl methyl sites for hydroxylation is 1. The number of esters is 1. The lowest BCUT2D eigenvalue weighted by Crippen LogP contribution is -2.42. The predicted molar refractivity (Wildman–Crippen MR) is 108 cm³/mol. The van der Waals surface area contributed by atoms with Crippen molar-refractivity contribution in [1.29, 1.82) is 0 Å². The molecule has 1 fully saturated rings. The highest BCUT2D eigenvalue weighted by molar-refractivity contribution is 6.08. The van der Waals surface area contributed by atoms with Gasteiger partial charge in [-0.3, -0.25) is 19.3 Å². The molecule has 0 aromatic heterocycles. The van der Waals surface area contributed by atoms with Crippen molar-refractivity contribution < 1.29 is 23.9 Å². The summed E-state index contributed by atoms with van der Waals surface area (Å²) in [5.41, 5.74) is 1.28. The number of imide groups is 1. The van der Waals surface area contributed by atoms with Gasteiger partial charge in [0.05, 0.1) is 0 Å². The van der Waals surface area contributed by atoms with Gasteiger partial charge in [-0.2, -0.15) is 0 Å². The van der Waals surface area contributed by atoms with Crippen LogP contribution in [0.2, 0.25) is 0 Å². The summed E-state index contributed by atoms with van der Waals surface area (Å²) < 4.78 is 4.92. The maximum absolute atomic E-state index is 12.8. The third-order valence-corrected chi connectivity index (χ3v) is 4.89. The highest BCUT2D eigenvalue weighted by Crippen LogP contribution is 2.28. The van der Waals surface area contributed by atoms with E-state index in [1.54, 1.807) is 19.1 Å². The van der Waals surface area contributed by atoms with Gasteiger partial charge in [0.25, 0.3) is 11.8 Å². The molecule has 0 saturated carbocycles. The molecule has 30 heavy (non-hydrogen) atoms. The van der Waals surface area contributed by atoms with Crippen LogP contribution in [0.3, 0.4) is 0 Å². The molecule has 1 aliphatic rings. The van der Waals surface area contributed by atoms with Crippen LogP contribution in [0.15, 0.2) is 54.6 Å². The maximum Gasteiger partial charge on any atom is 0.326 e. The highest BCUT2D eigenvalue weighted by Gasteiger charge is 2.49. The van der Waals surface area contributed by atoms with Crippen molar-refractivity contribution in [3.63, 3.8) is 0 Å². The van der Waals surface area contributed by atoms with E-state index in [0.29, 0.717) is 12.1 Å². The third-order valence-electron chi connectivity index (χ3n) is 4.89. The van der Waals surface area contributed by atoms with Crippen LogP contribution >= 0.6 is 0 Å². The first-order chi connectivity index (χ1) is 14.3. The lowest BCUT2D eigenvalue weighted by molar-refractivity contribution is -0.151. The second-order valence-corrected chi connectivity index (χ2v) is 7.24. The summed E-state index contributed by atoms with van der Waals surface area (Å²) in [5.74, 6) is -1.88. The van der Waals surface area contributed by atoms with Gasteiger partial charge in [0.2, 0.25) is 0 Å². The van der Waals surface area contributed by atoms with E-state index in [1.807, 2.05) is 49.4 Å². The van der Waals surface area contributed by atoms with Crippen LogP contribution in [0.1, 0.15) is 23.6 Å². The Morgan fingerprint density at radius 3 is 2.40 bits per heavy atom. The minimum absolute atomic E-state index is 0.305. The van der Waals surface area contributed by atoms with Crippen molar-refractivity contribution in [2.24, 2.45) is 0 Å². The molecule has 1 aliphatic heterocycles. The molecular formula is C22H23N3O5. The van der Waals surface area contributed by atoms with Gasteiger partial charge in [-0.25, -0.2) is 4.79 Å². The number of nitrogens with one attached hydrogen (secondary N) is 2. The van der Waals surface area contributed by atoms with E-state index in [0.717, 1.165) is 16.0 Å². The molecule has 0 unspecified atom stereocenters. The number of amides is 4. The predicted octanol–water partition coefficient (Wildman–Crippen LogP) is 1.62. The summed E-state index contributed by atoms with van der Waals surface area (Å²) in [6.45, 7) is 2.74. The van der Waals surface area contributed by atoms with Gasteiger partial charge in [-0.05, 0) is 25.0 Å². The van der Waals surface area contributed by atoms with E-state index in [-0.39, 0.29) is 0 Å². The lowest BCUT2D eigenvalue weighted by Gasteiger charge is -2.22. The molecule has 0 aliphatic carbocycles. The van der Waals surface area contributed by atoms with E-state index in [2.05, 4.69) is 10.6 Å². The number of urea groups is 1. The Labute approximate surface area is 174 Å². The van der Waals surface area contributed by atoms with Crippen LogP contribution in [0, 0.1) is 6.92 Å². The van der Waals surface area contributed by atoms with E-state index >= 15 is 0 Å². The van der Waals surface area contributed by atoms with Crippen LogP contribution in [-0.4, -0.2) is 41.9 Å². The summed E-state index contributed by atoms with van der Waals surface area (Å²) in [4.78, 5) is 49.8. The van der Waals surface area contributed by atoms with Crippen LogP contribution in [0.4, 0.5) is 4.79 Å². The Kier molecular flexibility index (Phi) is 6.15. The number of carbonyl (C=O) groups is 4. The number of hydrogen-bond donors (Lipinski definition) is 2. The SMILES string of the molecule is Cc1ccc([C@@]2(C)NC(=O)N(CC(=O)OCC(=O)NCc3ccccc3)C2=O)cc1. The van der Waals surface area contributed by atoms with Crippen LogP contribution in [0.25, 0.3) is 0 Å². The van der Waals surface area contributed by atoms with Crippen LogP contribution in [-0.2, 0) is 31.2 Å². The molecule has 1 atom stereocenters. The third kappa shape index (κ3) is 4.65. The first kappa shape index (κ1) is 21.0. The molecule has 2 aromatic carbocycles. The van der Waals surface area contributed by atoms with Crippen molar-refractivity contribution in [3.05, 3.63) is 71.3 Å². The van der Waals surface area contributed by atoms with Crippen LogP contribution in [0.5, 0.6) is 0 Å². The Morgan fingerprint density at radius 1 is 1.07 bits per heavy atom. The molecule has 1 saturated heterocycles. The Hall–Kier alpha value is -3.68. The molecule has 4 amide bonds. The van der Waals surface area contributed by atoms with Crippen molar-refractivity contribution in [3.8, 4) is 0 Å². The Bertz CT molecular complexity index is 958. The largest absolute Gasteiger partial charge is 0.454 e. The van der Waals surface area contributed by atoms with Gasteiger partial charge in [-0.1, -0.05) is 60.2 Å². The standard InChI is InChI=1S/C22H23N3O5/c1-15-8-10-17(11-9-15)22(2)20(28)25(21(29)24-22)13-19(27)30-14-18(26)23-12-16-6-4-3-5-7-16/h3-11H,12-14H2,1-2H3,(H,23,26)(H,24,29)/t22-/m1/s1. The summed E-state index contributed by atoms with van der Waals surface area (Å²) >= 11 is 0. The van der Waals surface area contributed by atoms with Gasteiger partial charge in [-0.15, -0.1) is 0 Å². The van der Waals surface area contributed by atoms with Crippen molar-refractivity contribution >= 4 is 23.8 Å². The smallest absolute Gasteiger partial charge is 0.326 e. The van der Waals surface area contributed by atoms with Gasteiger partial charge in [0.1, 0.15) is 12.1 Å². The molecule has 0 radical (unpaired) electrons. The molecule has 2 aromatic rings. The monoisotopic (exact) mass is 409 g/mol. The fraction of sp³-hybridized carbons (Fsp3) is 0.273. The molecule has 8 heteroatoms. The number of rotatable bonds is 7. The minimum atomic E-state index is -1.27. The van der Waals surface area contributed by atoms with E-state index < -0.39 is 42.5 Å². The first-order valence-corrected chi connectivity index (χ1v) is 9.47. The molecule has 0 bridgehead atoms. The zero-order valence-electron chi connectivity index (χ0n) is 16.8. The number of ether oxygens (including phenoxy) is 1. The highest BCUT2D eigenvalue weighted by atomic mass is 16.5. The van der Waals surface area contributed by atoms with Gasteiger partial charge in [0, 0.05) is 6.54 Å². The maximum atomic E-state index is 12.8. The molecule has 156 valence electrons. The molecule has 1 heterocycles. The van der Waals surface area contributed by atoms with E-state index in [1.165, 1.54) is 0 Å². The van der Waals surface area contributed by atoms with Crippen LogP contribution < -0.4 is 10.6 Å². The zero-order chi connectivity index (χ0) is 21.7. The molecular weight excluding hydrogens is 386 g/mol. The van der Waals surface area contributed by atoms with Gasteiger partial charge in [0.15, 0.2) is 6.61 Å². The quantitative estimate of drug-likeness (QED) is 0.534. The second kappa shape index (κ2) is 8.77. The summed E-state index contributed by atoms with van der Waals surface area (Å²) in [6, 6.07) is 15.8. The van der Waals surface area contributed by atoms with Crippen molar-refractivity contribution in [1.82, 2.24) is 15.5 Å². The van der Waals surface area contributed by atoms with Crippen molar-refractivity contribution in [2.45, 2.75) is 25.9 Å². The fourth-order valence-electron chi connectivity index (χ4n) is 3.09. The molecule has 2 N–H and O–H groups in total. The van der Waals surface area contributed by atoms with Gasteiger partial charge < -0.3 is 15.4 Å². The number of hydrogen-bond acceptors (Lipinski definition) is 5. The van der Waals surface area contributed by atoms with E-state index in [4.69, 9.17) is 4.74 Å². The Morgan fingerprint density at radius 2 is 1.73 bits per heavy atom. The zero-order valence-corrected chi connectivity index (χ0v) is 16.8. The lowest BCUT2D eigenvalue weighted by atomic mass is 9.91. The number of carbonyl (C=O) groups excluding carboxylic acids is 4. The molecule has 3 rings (SSSR count). The first-order valence-electron chi connectivity index (χ1n) is 9.47. The van der Waals surface area contributed by atoms with Gasteiger partial charge >= 0.3 is 12.0 Å². The molecule has 8 nitrogen and oxygen atoms in total. The second-order valence-electron chi connectivity index (χ2n) is 7.24. The number of benzene rings is 2.